The van der Waals surface area contributed by atoms with Crippen molar-refractivity contribution >= 4 is 22.8 Å². The number of hydrogen-bond acceptors (Lipinski definition) is 5. The van der Waals surface area contributed by atoms with Gasteiger partial charge in [0, 0.05) is 10.9 Å². The van der Waals surface area contributed by atoms with Crippen molar-refractivity contribution < 1.29 is 0 Å². The molecule has 0 saturated carbocycles. The number of anilines is 1. The summed E-state index contributed by atoms with van der Waals surface area (Å²) in [4.78, 5) is 17.3. The molecule has 0 fully saturated rings. The van der Waals surface area contributed by atoms with Gasteiger partial charge in [-0.15, -0.1) is 11.3 Å². The van der Waals surface area contributed by atoms with E-state index in [1.807, 2.05) is 6.07 Å². The number of rotatable bonds is 4. The number of aromatic amines is 1. The first kappa shape index (κ1) is 12.9. The van der Waals surface area contributed by atoms with E-state index in [-0.39, 0.29) is 11.7 Å². The van der Waals surface area contributed by atoms with E-state index in [0.29, 0.717) is 11.5 Å². The number of aromatic nitrogens is 4. The highest BCUT2D eigenvalue weighted by Crippen LogP contribution is 2.25. The number of aryl methyl sites for hydroxylation is 1. The second-order valence-corrected chi connectivity index (χ2v) is 5.51. The van der Waals surface area contributed by atoms with Gasteiger partial charge >= 0.3 is 5.69 Å². The summed E-state index contributed by atoms with van der Waals surface area (Å²) in [7, 11) is 0. The molecule has 6 nitrogen and oxygen atoms in total. The molecule has 0 saturated heterocycles. The van der Waals surface area contributed by atoms with Crippen LogP contribution in [0.1, 0.15) is 30.1 Å². The Morgan fingerprint density at radius 2 is 2.40 bits per heavy atom. The maximum atomic E-state index is 11.6. The van der Waals surface area contributed by atoms with Gasteiger partial charge in [-0.2, -0.15) is 5.10 Å². The van der Waals surface area contributed by atoms with Gasteiger partial charge in [-0.3, -0.25) is 0 Å². The van der Waals surface area contributed by atoms with E-state index in [4.69, 9.17) is 0 Å². The third-order valence-electron chi connectivity index (χ3n) is 3.19. The minimum Gasteiger partial charge on any atom is -0.362 e. The Hall–Kier alpha value is -2.15. The van der Waals surface area contributed by atoms with Crippen LogP contribution in [0.15, 0.2) is 28.4 Å². The maximum absolute atomic E-state index is 11.6. The zero-order valence-corrected chi connectivity index (χ0v) is 12.1. The van der Waals surface area contributed by atoms with Crippen LogP contribution in [0, 0.1) is 6.92 Å². The molecule has 2 N–H and O–H groups in total. The maximum Gasteiger partial charge on any atom is 0.349 e. The molecule has 3 rings (SSSR count). The summed E-state index contributed by atoms with van der Waals surface area (Å²) in [6.07, 6.45) is 0.958. The van der Waals surface area contributed by atoms with Gasteiger partial charge in [0.15, 0.2) is 5.65 Å². The molecule has 1 atom stereocenters. The Morgan fingerprint density at radius 1 is 1.55 bits per heavy atom. The molecule has 3 aromatic heterocycles. The number of nitrogens with one attached hydrogen (secondary N) is 2. The zero-order chi connectivity index (χ0) is 14.1. The highest BCUT2D eigenvalue weighted by atomic mass is 32.1. The lowest BCUT2D eigenvalue weighted by Gasteiger charge is -2.16. The van der Waals surface area contributed by atoms with Crippen molar-refractivity contribution in [3.05, 3.63) is 44.8 Å². The molecule has 0 radical (unpaired) electrons. The standard InChI is InChI=1S/C13H15N5OS/c1-3-9(10-5-4-6-20-10)15-11-7-12-16-17-13(19)18(12)8(2)14-11/h4-7,9,15H,3H2,1-2H3,(H,17,19). The number of hydrogen-bond donors (Lipinski definition) is 2. The van der Waals surface area contributed by atoms with Crippen LogP contribution in [0.5, 0.6) is 0 Å². The quantitative estimate of drug-likeness (QED) is 0.773. The lowest BCUT2D eigenvalue weighted by Crippen LogP contribution is -2.15. The summed E-state index contributed by atoms with van der Waals surface area (Å²) < 4.78 is 1.46. The number of fused-ring (bicyclic) bond motifs is 1. The van der Waals surface area contributed by atoms with Crippen LogP contribution in [-0.4, -0.2) is 19.6 Å². The van der Waals surface area contributed by atoms with Crippen LogP contribution in [0.4, 0.5) is 5.82 Å². The third-order valence-corrected chi connectivity index (χ3v) is 4.17. The summed E-state index contributed by atoms with van der Waals surface area (Å²) in [5.41, 5.74) is 0.313. The van der Waals surface area contributed by atoms with E-state index in [1.54, 1.807) is 24.3 Å². The van der Waals surface area contributed by atoms with Crippen molar-refractivity contribution in [2.45, 2.75) is 26.3 Å². The minimum atomic E-state index is -0.262. The van der Waals surface area contributed by atoms with Gasteiger partial charge in [-0.1, -0.05) is 13.0 Å². The Bertz CT molecular complexity index is 774. The van der Waals surface area contributed by atoms with Gasteiger partial charge in [0.25, 0.3) is 0 Å². The van der Waals surface area contributed by atoms with E-state index in [9.17, 15) is 4.79 Å². The molecular weight excluding hydrogens is 274 g/mol. The predicted octanol–water partition coefficient (Wildman–Crippen LogP) is 2.35. The lowest BCUT2D eigenvalue weighted by atomic mass is 10.2. The third kappa shape index (κ3) is 2.20. The molecule has 104 valence electrons. The summed E-state index contributed by atoms with van der Waals surface area (Å²) in [5, 5.41) is 11.9. The molecule has 3 heterocycles. The molecule has 0 aliphatic carbocycles. The second-order valence-electron chi connectivity index (χ2n) is 4.53. The van der Waals surface area contributed by atoms with Crippen molar-refractivity contribution in [2.24, 2.45) is 0 Å². The highest BCUT2D eigenvalue weighted by Gasteiger charge is 2.13. The summed E-state index contributed by atoms with van der Waals surface area (Å²) in [6.45, 7) is 3.92. The smallest absolute Gasteiger partial charge is 0.349 e. The molecular formula is C13H15N5OS. The van der Waals surface area contributed by atoms with E-state index in [1.165, 1.54) is 9.28 Å². The van der Waals surface area contributed by atoms with Crippen molar-refractivity contribution in [3.8, 4) is 0 Å². The van der Waals surface area contributed by atoms with Gasteiger partial charge in [-0.25, -0.2) is 19.3 Å². The number of thiophene rings is 1. The monoisotopic (exact) mass is 289 g/mol. The lowest BCUT2D eigenvalue weighted by molar-refractivity contribution is 0.755. The number of nitrogens with zero attached hydrogens (tertiary/aromatic N) is 3. The van der Waals surface area contributed by atoms with Crippen LogP contribution in [-0.2, 0) is 0 Å². The SMILES string of the molecule is CCC(Nc1cc2n[nH]c(=O)n2c(C)n1)c1cccs1. The normalized spacial score (nSPS) is 12.7. The Labute approximate surface area is 119 Å². The van der Waals surface area contributed by atoms with Crippen molar-refractivity contribution in [2.75, 3.05) is 5.32 Å². The van der Waals surface area contributed by atoms with Gasteiger partial charge in [0.05, 0.1) is 6.04 Å². The van der Waals surface area contributed by atoms with E-state index in [2.05, 4.69) is 38.9 Å². The van der Waals surface area contributed by atoms with E-state index < -0.39 is 0 Å². The topological polar surface area (TPSA) is 75.1 Å². The van der Waals surface area contributed by atoms with Gasteiger partial charge in [0.2, 0.25) is 0 Å². The molecule has 0 amide bonds. The fourth-order valence-corrected chi connectivity index (χ4v) is 3.08. The van der Waals surface area contributed by atoms with Gasteiger partial charge in [-0.05, 0) is 24.8 Å². The van der Waals surface area contributed by atoms with E-state index >= 15 is 0 Å². The van der Waals surface area contributed by atoms with Gasteiger partial charge in [0.1, 0.15) is 11.6 Å². The average molecular weight is 289 g/mol. The highest BCUT2D eigenvalue weighted by molar-refractivity contribution is 7.10. The molecule has 0 aliphatic heterocycles. The largest absolute Gasteiger partial charge is 0.362 e. The fraction of sp³-hybridized carbons (Fsp3) is 0.308. The van der Waals surface area contributed by atoms with Gasteiger partial charge < -0.3 is 5.32 Å². The summed E-state index contributed by atoms with van der Waals surface area (Å²) in [6, 6.07) is 6.15. The van der Waals surface area contributed by atoms with Crippen molar-refractivity contribution in [1.82, 2.24) is 19.6 Å². The zero-order valence-electron chi connectivity index (χ0n) is 11.3. The van der Waals surface area contributed by atoms with E-state index in [0.717, 1.165) is 12.2 Å². The first-order valence-electron chi connectivity index (χ1n) is 6.43. The van der Waals surface area contributed by atoms with Crippen LogP contribution >= 0.6 is 11.3 Å². The Balaban J connectivity index is 1.96. The molecule has 0 bridgehead atoms. The number of H-pyrrole nitrogens is 1. The molecule has 1 unspecified atom stereocenters. The molecule has 0 spiro atoms. The van der Waals surface area contributed by atoms with Crippen molar-refractivity contribution in [3.63, 3.8) is 0 Å². The first-order chi connectivity index (χ1) is 9.69. The second kappa shape index (κ2) is 5.09. The molecule has 0 aromatic carbocycles. The van der Waals surface area contributed by atoms with Crippen LogP contribution in [0.25, 0.3) is 5.65 Å². The fourth-order valence-electron chi connectivity index (χ4n) is 2.21. The summed E-state index contributed by atoms with van der Waals surface area (Å²) in [5.74, 6) is 1.35. The first-order valence-corrected chi connectivity index (χ1v) is 7.31. The Kier molecular flexibility index (Phi) is 3.27. The van der Waals surface area contributed by atoms with Crippen molar-refractivity contribution in [1.29, 1.82) is 0 Å². The van der Waals surface area contributed by atoms with Crippen LogP contribution in [0.2, 0.25) is 0 Å². The Morgan fingerprint density at radius 3 is 3.10 bits per heavy atom. The molecule has 20 heavy (non-hydrogen) atoms. The predicted molar refractivity (Wildman–Crippen MR) is 79.3 cm³/mol. The minimum absolute atomic E-state index is 0.218. The molecule has 3 aromatic rings. The molecule has 0 aliphatic rings. The summed E-state index contributed by atoms with van der Waals surface area (Å²) >= 11 is 1.72. The van der Waals surface area contributed by atoms with Crippen LogP contribution < -0.4 is 11.0 Å². The average Bonchev–Trinajstić information content (AvgIpc) is 3.06. The molecule has 7 heteroatoms. The van der Waals surface area contributed by atoms with Crippen LogP contribution in [0.3, 0.4) is 0 Å².